The van der Waals surface area contributed by atoms with Gasteiger partial charge in [0.2, 0.25) is 0 Å². The van der Waals surface area contributed by atoms with E-state index >= 15 is 0 Å². The number of carboxylic acids is 1. The van der Waals surface area contributed by atoms with Crippen LogP contribution in [0, 0.1) is 5.82 Å². The Morgan fingerprint density at radius 1 is 0.757 bits per heavy atom. The normalized spacial score (nSPS) is 11.4. The molecule has 4 aromatic rings. The predicted molar refractivity (Wildman–Crippen MR) is 138 cm³/mol. The minimum atomic E-state index is -1.14. The summed E-state index contributed by atoms with van der Waals surface area (Å²) in [4.78, 5) is 24.1. The SMILES string of the molecule is O=C(COc1ccc(-c2cccc(F)c2)cc1)N[C@@H](Cc1ccc(OCc2ccccc2)cc1)C(=O)O. The summed E-state index contributed by atoms with van der Waals surface area (Å²) < 4.78 is 24.7. The van der Waals surface area contributed by atoms with Crippen LogP contribution in [0.5, 0.6) is 11.5 Å². The molecule has 0 aromatic heterocycles. The number of benzene rings is 4. The van der Waals surface area contributed by atoms with Crippen LogP contribution in [0.25, 0.3) is 11.1 Å². The number of nitrogens with one attached hydrogen (secondary N) is 1. The Hall–Kier alpha value is -4.65. The summed E-state index contributed by atoms with van der Waals surface area (Å²) in [5.74, 6) is -0.912. The van der Waals surface area contributed by atoms with Crippen molar-refractivity contribution in [3.63, 3.8) is 0 Å². The van der Waals surface area contributed by atoms with E-state index < -0.39 is 17.9 Å². The third-order valence-corrected chi connectivity index (χ3v) is 5.63. The first kappa shape index (κ1) is 25.4. The van der Waals surface area contributed by atoms with Gasteiger partial charge in [0.15, 0.2) is 6.61 Å². The Labute approximate surface area is 214 Å². The van der Waals surface area contributed by atoms with Crippen molar-refractivity contribution in [3.8, 4) is 22.6 Å². The zero-order valence-corrected chi connectivity index (χ0v) is 20.0. The fourth-order valence-corrected chi connectivity index (χ4v) is 3.69. The summed E-state index contributed by atoms with van der Waals surface area (Å²) in [6, 6.07) is 28.9. The molecule has 0 saturated carbocycles. The van der Waals surface area contributed by atoms with Crippen molar-refractivity contribution in [2.24, 2.45) is 0 Å². The van der Waals surface area contributed by atoms with Gasteiger partial charge in [-0.1, -0.05) is 66.7 Å². The van der Waals surface area contributed by atoms with Crippen molar-refractivity contribution < 1.29 is 28.6 Å². The van der Waals surface area contributed by atoms with Crippen LogP contribution in [-0.4, -0.2) is 29.6 Å². The quantitative estimate of drug-likeness (QED) is 0.294. The Morgan fingerprint density at radius 2 is 1.43 bits per heavy atom. The smallest absolute Gasteiger partial charge is 0.326 e. The van der Waals surface area contributed by atoms with Gasteiger partial charge in [-0.3, -0.25) is 4.79 Å². The van der Waals surface area contributed by atoms with E-state index in [2.05, 4.69) is 5.32 Å². The molecule has 7 heteroatoms. The van der Waals surface area contributed by atoms with Crippen LogP contribution in [0.3, 0.4) is 0 Å². The molecule has 4 aromatic carbocycles. The molecular weight excluding hydrogens is 473 g/mol. The molecule has 0 radical (unpaired) electrons. The van der Waals surface area contributed by atoms with E-state index in [1.165, 1.54) is 12.1 Å². The monoisotopic (exact) mass is 499 g/mol. The highest BCUT2D eigenvalue weighted by Crippen LogP contribution is 2.23. The second kappa shape index (κ2) is 12.4. The number of rotatable bonds is 11. The van der Waals surface area contributed by atoms with Crippen LogP contribution in [0.2, 0.25) is 0 Å². The molecule has 0 aliphatic rings. The van der Waals surface area contributed by atoms with Crippen LogP contribution in [0.4, 0.5) is 4.39 Å². The minimum Gasteiger partial charge on any atom is -0.489 e. The van der Waals surface area contributed by atoms with Gasteiger partial charge in [-0.2, -0.15) is 0 Å². The Balaban J connectivity index is 1.26. The lowest BCUT2D eigenvalue weighted by atomic mass is 10.1. The molecule has 0 aliphatic heterocycles. The molecule has 37 heavy (non-hydrogen) atoms. The van der Waals surface area contributed by atoms with E-state index in [1.54, 1.807) is 60.7 Å². The summed E-state index contributed by atoms with van der Waals surface area (Å²) in [5.41, 5.74) is 3.32. The lowest BCUT2D eigenvalue weighted by Crippen LogP contribution is -2.44. The van der Waals surface area contributed by atoms with Gasteiger partial charge < -0.3 is 19.9 Å². The van der Waals surface area contributed by atoms with Gasteiger partial charge in [-0.15, -0.1) is 0 Å². The van der Waals surface area contributed by atoms with Crippen molar-refractivity contribution in [1.29, 1.82) is 0 Å². The van der Waals surface area contributed by atoms with Gasteiger partial charge in [0.1, 0.15) is 30.0 Å². The Kier molecular flexibility index (Phi) is 8.49. The number of halogens is 1. The van der Waals surface area contributed by atoms with E-state index in [4.69, 9.17) is 9.47 Å². The summed E-state index contributed by atoms with van der Waals surface area (Å²) in [5, 5.41) is 12.1. The summed E-state index contributed by atoms with van der Waals surface area (Å²) in [6.07, 6.45) is 0.113. The zero-order valence-electron chi connectivity index (χ0n) is 20.0. The number of carbonyl (C=O) groups excluding carboxylic acids is 1. The van der Waals surface area contributed by atoms with Crippen molar-refractivity contribution in [2.75, 3.05) is 6.61 Å². The summed E-state index contributed by atoms with van der Waals surface area (Å²) in [7, 11) is 0. The standard InChI is InChI=1S/C30H26FNO5/c31-25-8-4-7-24(18-25)23-11-15-27(16-12-23)37-20-29(33)32-28(30(34)35)17-21-9-13-26(14-10-21)36-19-22-5-2-1-3-6-22/h1-16,18,28H,17,19-20H2,(H,32,33)(H,34,35)/t28-/m0/s1. The van der Waals surface area contributed by atoms with E-state index in [1.807, 2.05) is 30.3 Å². The molecular formula is C30H26FNO5. The number of carboxylic acid groups (broad SMARTS) is 1. The highest BCUT2D eigenvalue weighted by Gasteiger charge is 2.20. The fourth-order valence-electron chi connectivity index (χ4n) is 3.69. The summed E-state index contributed by atoms with van der Waals surface area (Å²) >= 11 is 0. The molecule has 0 aliphatic carbocycles. The maximum atomic E-state index is 13.4. The van der Waals surface area contributed by atoms with Gasteiger partial charge in [-0.05, 0) is 58.7 Å². The van der Waals surface area contributed by atoms with Crippen LogP contribution < -0.4 is 14.8 Å². The lowest BCUT2D eigenvalue weighted by Gasteiger charge is -2.15. The van der Waals surface area contributed by atoms with Crippen molar-refractivity contribution in [3.05, 3.63) is 120 Å². The van der Waals surface area contributed by atoms with Crippen molar-refractivity contribution >= 4 is 11.9 Å². The molecule has 2 N–H and O–H groups in total. The molecule has 0 unspecified atom stereocenters. The summed E-state index contributed by atoms with van der Waals surface area (Å²) in [6.45, 7) is 0.0941. The van der Waals surface area contributed by atoms with Gasteiger partial charge in [0, 0.05) is 6.42 Å². The molecule has 0 spiro atoms. The number of hydrogen-bond acceptors (Lipinski definition) is 4. The van der Waals surface area contributed by atoms with Crippen LogP contribution in [-0.2, 0) is 22.6 Å². The first-order valence-corrected chi connectivity index (χ1v) is 11.7. The van der Waals surface area contributed by atoms with E-state index in [9.17, 15) is 19.1 Å². The Morgan fingerprint density at radius 3 is 2.11 bits per heavy atom. The molecule has 1 atom stereocenters. The fraction of sp³-hybridized carbons (Fsp3) is 0.133. The number of carbonyl (C=O) groups is 2. The number of ether oxygens (including phenoxy) is 2. The van der Waals surface area contributed by atoms with Gasteiger partial charge >= 0.3 is 5.97 Å². The predicted octanol–water partition coefficient (Wildman–Crippen LogP) is 5.26. The molecule has 1 amide bonds. The molecule has 188 valence electrons. The first-order chi connectivity index (χ1) is 18.0. The van der Waals surface area contributed by atoms with Gasteiger partial charge in [0.25, 0.3) is 5.91 Å². The van der Waals surface area contributed by atoms with Crippen LogP contribution >= 0.6 is 0 Å². The Bertz CT molecular complexity index is 1320. The maximum absolute atomic E-state index is 13.4. The molecule has 6 nitrogen and oxygen atoms in total. The maximum Gasteiger partial charge on any atom is 0.326 e. The number of hydrogen-bond donors (Lipinski definition) is 2. The number of amides is 1. The van der Waals surface area contributed by atoms with Gasteiger partial charge in [0.05, 0.1) is 0 Å². The van der Waals surface area contributed by atoms with Crippen molar-refractivity contribution in [1.82, 2.24) is 5.32 Å². The topological polar surface area (TPSA) is 84.9 Å². The molecule has 0 fully saturated rings. The lowest BCUT2D eigenvalue weighted by molar-refractivity contribution is -0.142. The van der Waals surface area contributed by atoms with Crippen LogP contribution in [0.1, 0.15) is 11.1 Å². The highest BCUT2D eigenvalue weighted by molar-refractivity contribution is 5.84. The van der Waals surface area contributed by atoms with Crippen LogP contribution in [0.15, 0.2) is 103 Å². The van der Waals surface area contributed by atoms with E-state index in [0.717, 1.165) is 22.3 Å². The van der Waals surface area contributed by atoms with E-state index in [-0.39, 0.29) is 18.8 Å². The third kappa shape index (κ3) is 7.67. The molecule has 0 bridgehead atoms. The highest BCUT2D eigenvalue weighted by atomic mass is 19.1. The molecule has 4 rings (SSSR count). The van der Waals surface area contributed by atoms with E-state index in [0.29, 0.717) is 18.1 Å². The zero-order chi connectivity index (χ0) is 26.0. The van der Waals surface area contributed by atoms with Gasteiger partial charge in [-0.25, -0.2) is 9.18 Å². The minimum absolute atomic E-state index is 0.113. The average molecular weight is 500 g/mol. The molecule has 0 heterocycles. The van der Waals surface area contributed by atoms with Crippen molar-refractivity contribution in [2.45, 2.75) is 19.1 Å². The third-order valence-electron chi connectivity index (χ3n) is 5.63. The second-order valence-corrected chi connectivity index (χ2v) is 8.40. The molecule has 0 saturated heterocycles. The largest absolute Gasteiger partial charge is 0.489 e. The average Bonchev–Trinajstić information content (AvgIpc) is 2.92. The number of aliphatic carboxylic acids is 1. The first-order valence-electron chi connectivity index (χ1n) is 11.7. The second-order valence-electron chi connectivity index (χ2n) is 8.40.